The molecule has 0 bridgehead atoms. The van der Waals surface area contributed by atoms with E-state index in [9.17, 15) is 9.59 Å². The molecular formula is C10H10N6O2. The molecule has 0 spiro atoms. The Morgan fingerprint density at radius 1 is 1.44 bits per heavy atom. The number of carbonyl (C=O) groups excluding carboxylic acids is 2. The minimum Gasteiger partial charge on any atom is -0.365 e. The molecule has 2 aromatic rings. The molecule has 2 amide bonds. The third-order valence-corrected chi connectivity index (χ3v) is 2.10. The molecule has 0 aliphatic carbocycles. The van der Waals surface area contributed by atoms with Crippen LogP contribution < -0.4 is 11.1 Å². The number of pyridine rings is 1. The summed E-state index contributed by atoms with van der Waals surface area (Å²) in [4.78, 5) is 30.4. The average Bonchev–Trinajstić information content (AvgIpc) is 2.82. The van der Waals surface area contributed by atoms with Crippen molar-refractivity contribution in [2.45, 2.75) is 6.54 Å². The van der Waals surface area contributed by atoms with E-state index in [-0.39, 0.29) is 23.8 Å². The van der Waals surface area contributed by atoms with Crippen LogP contribution in [0.2, 0.25) is 0 Å². The molecule has 3 N–H and O–H groups in total. The van der Waals surface area contributed by atoms with Crippen LogP contribution in [-0.4, -0.2) is 31.6 Å². The van der Waals surface area contributed by atoms with Gasteiger partial charge in [-0.1, -0.05) is 0 Å². The van der Waals surface area contributed by atoms with Crippen molar-refractivity contribution in [2.75, 3.05) is 5.32 Å². The summed E-state index contributed by atoms with van der Waals surface area (Å²) in [5.41, 5.74) is 5.33. The van der Waals surface area contributed by atoms with E-state index >= 15 is 0 Å². The first-order valence-corrected chi connectivity index (χ1v) is 5.04. The topological polar surface area (TPSA) is 116 Å². The second kappa shape index (κ2) is 5.04. The van der Waals surface area contributed by atoms with Crippen LogP contribution in [-0.2, 0) is 11.3 Å². The first-order chi connectivity index (χ1) is 8.66. The molecule has 0 aliphatic heterocycles. The third-order valence-electron chi connectivity index (χ3n) is 2.10. The molecule has 92 valence electrons. The molecule has 0 aliphatic rings. The number of hydrogen-bond acceptors (Lipinski definition) is 5. The molecule has 2 aromatic heterocycles. The van der Waals surface area contributed by atoms with E-state index in [1.54, 1.807) is 6.07 Å². The number of aromatic nitrogens is 4. The van der Waals surface area contributed by atoms with Crippen molar-refractivity contribution in [2.24, 2.45) is 5.73 Å². The van der Waals surface area contributed by atoms with E-state index in [1.165, 1.54) is 29.6 Å². The highest BCUT2D eigenvalue weighted by Gasteiger charge is 2.12. The molecule has 2 heterocycles. The summed E-state index contributed by atoms with van der Waals surface area (Å²) >= 11 is 0. The molecule has 8 heteroatoms. The van der Waals surface area contributed by atoms with Crippen molar-refractivity contribution >= 4 is 17.6 Å². The molecular weight excluding hydrogens is 236 g/mol. The van der Waals surface area contributed by atoms with E-state index in [0.29, 0.717) is 0 Å². The largest absolute Gasteiger partial charge is 0.365 e. The number of anilines is 1. The first-order valence-electron chi connectivity index (χ1n) is 5.04. The van der Waals surface area contributed by atoms with Crippen molar-refractivity contribution in [3.8, 4) is 0 Å². The van der Waals surface area contributed by atoms with Crippen LogP contribution in [0.3, 0.4) is 0 Å². The van der Waals surface area contributed by atoms with Crippen LogP contribution in [0.15, 0.2) is 31.0 Å². The predicted molar refractivity (Wildman–Crippen MR) is 61.4 cm³/mol. The zero-order valence-corrected chi connectivity index (χ0v) is 9.28. The van der Waals surface area contributed by atoms with Gasteiger partial charge in [0, 0.05) is 6.20 Å². The molecule has 18 heavy (non-hydrogen) atoms. The second-order valence-electron chi connectivity index (χ2n) is 3.41. The van der Waals surface area contributed by atoms with Crippen LogP contribution in [0.25, 0.3) is 0 Å². The zero-order chi connectivity index (χ0) is 13.0. The van der Waals surface area contributed by atoms with Gasteiger partial charge in [-0.05, 0) is 12.1 Å². The number of amides is 2. The summed E-state index contributed by atoms with van der Waals surface area (Å²) in [7, 11) is 0. The van der Waals surface area contributed by atoms with Gasteiger partial charge >= 0.3 is 0 Å². The van der Waals surface area contributed by atoms with E-state index < -0.39 is 5.91 Å². The summed E-state index contributed by atoms with van der Waals surface area (Å²) in [6, 6.07) is 3.05. The van der Waals surface area contributed by atoms with Crippen LogP contribution >= 0.6 is 0 Å². The number of nitrogens with one attached hydrogen (secondary N) is 1. The fraction of sp³-hybridized carbons (Fsp3) is 0.100. The number of carbonyl (C=O) groups is 2. The molecule has 2 rings (SSSR count). The predicted octanol–water partition coefficient (Wildman–Crippen LogP) is -0.589. The first kappa shape index (κ1) is 11.7. The number of primary amides is 1. The number of hydrogen-bond donors (Lipinski definition) is 2. The SMILES string of the molecule is NC(=O)c1cccnc1NC(=O)Cn1cncn1. The van der Waals surface area contributed by atoms with Gasteiger partial charge in [-0.2, -0.15) is 5.10 Å². The van der Waals surface area contributed by atoms with Crippen molar-refractivity contribution in [1.29, 1.82) is 0 Å². The van der Waals surface area contributed by atoms with Gasteiger partial charge < -0.3 is 11.1 Å². The summed E-state index contributed by atoms with van der Waals surface area (Å²) in [6.07, 6.45) is 4.19. The lowest BCUT2D eigenvalue weighted by Gasteiger charge is -2.07. The molecule has 0 aromatic carbocycles. The highest BCUT2D eigenvalue weighted by atomic mass is 16.2. The average molecular weight is 246 g/mol. The Morgan fingerprint density at radius 2 is 2.28 bits per heavy atom. The van der Waals surface area contributed by atoms with E-state index in [1.807, 2.05) is 0 Å². The monoisotopic (exact) mass is 246 g/mol. The lowest BCUT2D eigenvalue weighted by atomic mass is 10.2. The highest BCUT2D eigenvalue weighted by molar-refractivity contribution is 6.01. The maximum Gasteiger partial charge on any atom is 0.252 e. The normalized spacial score (nSPS) is 10.0. The Bertz CT molecular complexity index is 566. The van der Waals surface area contributed by atoms with Gasteiger partial charge in [-0.15, -0.1) is 0 Å². The highest BCUT2D eigenvalue weighted by Crippen LogP contribution is 2.10. The summed E-state index contributed by atoms with van der Waals surface area (Å²) in [6.45, 7) is -0.0191. The Labute approximate surface area is 102 Å². The minimum absolute atomic E-state index is 0.0191. The molecule has 0 saturated carbocycles. The van der Waals surface area contributed by atoms with Crippen LogP contribution in [0.5, 0.6) is 0 Å². The standard InChI is InChI=1S/C10H10N6O2/c11-9(18)7-2-1-3-13-10(7)15-8(17)4-16-6-12-5-14-16/h1-3,5-6H,4H2,(H2,11,18)(H,13,15,17). The van der Waals surface area contributed by atoms with Gasteiger partial charge in [-0.3, -0.25) is 9.59 Å². The Morgan fingerprint density at radius 3 is 2.94 bits per heavy atom. The van der Waals surface area contributed by atoms with Gasteiger partial charge in [0.25, 0.3) is 5.91 Å². The minimum atomic E-state index is -0.654. The number of nitrogens with zero attached hydrogens (tertiary/aromatic N) is 4. The zero-order valence-electron chi connectivity index (χ0n) is 9.28. The summed E-state index contributed by atoms with van der Waals surface area (Å²) < 4.78 is 1.35. The lowest BCUT2D eigenvalue weighted by molar-refractivity contribution is -0.116. The third kappa shape index (κ3) is 2.67. The molecule has 0 saturated heterocycles. The number of nitrogens with two attached hydrogens (primary N) is 1. The van der Waals surface area contributed by atoms with Gasteiger partial charge in [0.15, 0.2) is 0 Å². The van der Waals surface area contributed by atoms with Gasteiger partial charge in [0.1, 0.15) is 25.0 Å². The van der Waals surface area contributed by atoms with Gasteiger partial charge in [0.2, 0.25) is 5.91 Å². The van der Waals surface area contributed by atoms with E-state index in [4.69, 9.17) is 5.73 Å². The van der Waals surface area contributed by atoms with Crippen molar-refractivity contribution in [3.63, 3.8) is 0 Å². The second-order valence-corrected chi connectivity index (χ2v) is 3.41. The van der Waals surface area contributed by atoms with E-state index in [2.05, 4.69) is 20.4 Å². The fourth-order valence-electron chi connectivity index (χ4n) is 1.34. The van der Waals surface area contributed by atoms with E-state index in [0.717, 1.165) is 0 Å². The molecule has 0 radical (unpaired) electrons. The van der Waals surface area contributed by atoms with Crippen LogP contribution in [0.1, 0.15) is 10.4 Å². The fourth-order valence-corrected chi connectivity index (χ4v) is 1.34. The molecule has 0 fully saturated rings. The Hall–Kier alpha value is -2.77. The molecule has 0 atom stereocenters. The maximum atomic E-state index is 11.7. The van der Waals surface area contributed by atoms with Gasteiger partial charge in [-0.25, -0.2) is 14.6 Å². The summed E-state index contributed by atoms with van der Waals surface area (Å²) in [5.74, 6) is -0.893. The van der Waals surface area contributed by atoms with Crippen molar-refractivity contribution in [3.05, 3.63) is 36.5 Å². The van der Waals surface area contributed by atoms with Gasteiger partial charge in [0.05, 0.1) is 5.56 Å². The van der Waals surface area contributed by atoms with Crippen molar-refractivity contribution in [1.82, 2.24) is 19.7 Å². The van der Waals surface area contributed by atoms with Crippen molar-refractivity contribution < 1.29 is 9.59 Å². The van der Waals surface area contributed by atoms with Crippen LogP contribution in [0, 0.1) is 0 Å². The smallest absolute Gasteiger partial charge is 0.252 e. The quantitative estimate of drug-likeness (QED) is 0.748. The number of rotatable bonds is 4. The Balaban J connectivity index is 2.09. The molecule has 8 nitrogen and oxygen atoms in total. The lowest BCUT2D eigenvalue weighted by Crippen LogP contribution is -2.22. The molecule has 0 unspecified atom stereocenters. The summed E-state index contributed by atoms with van der Waals surface area (Å²) in [5, 5.41) is 6.28. The van der Waals surface area contributed by atoms with Crippen LogP contribution in [0.4, 0.5) is 5.82 Å². The maximum absolute atomic E-state index is 11.7. The Kier molecular flexibility index (Phi) is 3.28.